The zero-order valence-electron chi connectivity index (χ0n) is 13.2. The van der Waals surface area contributed by atoms with Gasteiger partial charge in [-0.25, -0.2) is 13.9 Å². The summed E-state index contributed by atoms with van der Waals surface area (Å²) in [4.78, 5) is 5.23. The Kier molecular flexibility index (Phi) is 3.36. The Hall–Kier alpha value is -3.39. The fourth-order valence-electron chi connectivity index (χ4n) is 2.67. The highest BCUT2D eigenvalue weighted by Gasteiger charge is 2.16. The molecule has 5 aromatic rings. The average Bonchev–Trinajstić information content (AvgIpc) is 3.40. The van der Waals surface area contributed by atoms with Crippen LogP contribution < -0.4 is 0 Å². The SMILES string of the molecule is Fc1ccc(-c2ccnc3cc(-c4nnc(-c5cccs5)o4)nn23)cc1. The number of thiophene rings is 1. The molecule has 0 radical (unpaired) electrons. The van der Waals surface area contributed by atoms with E-state index < -0.39 is 0 Å². The molecule has 0 N–H and O–H groups in total. The Morgan fingerprint density at radius 1 is 1.00 bits per heavy atom. The van der Waals surface area contributed by atoms with Gasteiger partial charge in [0.2, 0.25) is 0 Å². The first-order valence-corrected chi connectivity index (χ1v) is 8.64. The van der Waals surface area contributed by atoms with Crippen LogP contribution >= 0.6 is 11.3 Å². The van der Waals surface area contributed by atoms with E-state index in [4.69, 9.17) is 4.42 Å². The maximum Gasteiger partial charge on any atom is 0.268 e. The number of benzene rings is 1. The van der Waals surface area contributed by atoms with Crippen LogP contribution in [0.1, 0.15) is 0 Å². The minimum atomic E-state index is -0.285. The van der Waals surface area contributed by atoms with Gasteiger partial charge in [0.15, 0.2) is 11.3 Å². The molecule has 0 bridgehead atoms. The molecule has 0 aliphatic carbocycles. The number of fused-ring (bicyclic) bond motifs is 1. The molecule has 1 aromatic carbocycles. The number of hydrogen-bond donors (Lipinski definition) is 0. The molecule has 0 saturated heterocycles. The van der Waals surface area contributed by atoms with Crippen LogP contribution in [0.4, 0.5) is 4.39 Å². The van der Waals surface area contributed by atoms with E-state index in [9.17, 15) is 4.39 Å². The van der Waals surface area contributed by atoms with Gasteiger partial charge in [0, 0.05) is 17.8 Å². The van der Waals surface area contributed by atoms with Crippen molar-refractivity contribution in [2.24, 2.45) is 0 Å². The van der Waals surface area contributed by atoms with E-state index in [1.54, 1.807) is 28.9 Å². The zero-order chi connectivity index (χ0) is 17.5. The van der Waals surface area contributed by atoms with E-state index in [0.29, 0.717) is 23.1 Å². The average molecular weight is 363 g/mol. The van der Waals surface area contributed by atoms with Crippen molar-refractivity contribution in [3.05, 3.63) is 65.9 Å². The van der Waals surface area contributed by atoms with Crippen molar-refractivity contribution >= 4 is 17.0 Å². The maximum absolute atomic E-state index is 13.2. The fraction of sp³-hybridized carbons (Fsp3) is 0. The predicted molar refractivity (Wildman–Crippen MR) is 95.0 cm³/mol. The summed E-state index contributed by atoms with van der Waals surface area (Å²) in [6.07, 6.45) is 1.68. The highest BCUT2D eigenvalue weighted by molar-refractivity contribution is 7.13. The number of hydrogen-bond acceptors (Lipinski definition) is 6. The van der Waals surface area contributed by atoms with Crippen molar-refractivity contribution in [1.82, 2.24) is 24.8 Å². The smallest absolute Gasteiger partial charge is 0.268 e. The summed E-state index contributed by atoms with van der Waals surface area (Å²) in [5.74, 6) is 0.495. The number of nitrogens with zero attached hydrogens (tertiary/aromatic N) is 5. The molecule has 0 aliphatic rings. The quantitative estimate of drug-likeness (QED) is 0.478. The second-order valence-corrected chi connectivity index (χ2v) is 6.47. The molecule has 8 heteroatoms. The van der Waals surface area contributed by atoms with Crippen LogP contribution in [0.15, 0.2) is 64.5 Å². The molecule has 4 heterocycles. The van der Waals surface area contributed by atoms with Gasteiger partial charge in [-0.2, -0.15) is 5.10 Å². The lowest BCUT2D eigenvalue weighted by molar-refractivity contribution is 0.583. The highest BCUT2D eigenvalue weighted by Crippen LogP contribution is 2.28. The highest BCUT2D eigenvalue weighted by atomic mass is 32.1. The fourth-order valence-corrected chi connectivity index (χ4v) is 3.31. The van der Waals surface area contributed by atoms with E-state index in [1.807, 2.05) is 23.6 Å². The van der Waals surface area contributed by atoms with Gasteiger partial charge < -0.3 is 4.42 Å². The predicted octanol–water partition coefficient (Wildman–Crippen LogP) is 4.31. The molecule has 6 nitrogen and oxygen atoms in total. The maximum atomic E-state index is 13.2. The normalized spacial score (nSPS) is 11.3. The summed E-state index contributed by atoms with van der Waals surface area (Å²) in [6, 6.07) is 13.7. The third kappa shape index (κ3) is 2.47. The summed E-state index contributed by atoms with van der Waals surface area (Å²) in [5, 5.41) is 14.7. The Balaban J connectivity index is 1.60. The van der Waals surface area contributed by atoms with Crippen molar-refractivity contribution in [1.29, 1.82) is 0 Å². The summed E-state index contributed by atoms with van der Waals surface area (Å²) >= 11 is 1.53. The van der Waals surface area contributed by atoms with Gasteiger partial charge >= 0.3 is 0 Å². The van der Waals surface area contributed by atoms with Crippen LogP contribution in [0.5, 0.6) is 0 Å². The van der Waals surface area contributed by atoms with E-state index >= 15 is 0 Å². The molecule has 5 rings (SSSR count). The molecular weight excluding hydrogens is 353 g/mol. The number of aromatic nitrogens is 5. The Bertz CT molecular complexity index is 1190. The summed E-state index contributed by atoms with van der Waals surface area (Å²) < 4.78 is 20.6. The van der Waals surface area contributed by atoms with E-state index in [0.717, 1.165) is 16.1 Å². The molecular formula is C18H10FN5OS. The van der Waals surface area contributed by atoms with E-state index in [1.165, 1.54) is 23.5 Å². The van der Waals surface area contributed by atoms with Gasteiger partial charge in [-0.3, -0.25) is 0 Å². The molecule has 0 aliphatic heterocycles. The third-order valence-electron chi connectivity index (χ3n) is 3.87. The molecule has 26 heavy (non-hydrogen) atoms. The lowest BCUT2D eigenvalue weighted by Gasteiger charge is -2.03. The van der Waals surface area contributed by atoms with Crippen molar-refractivity contribution < 1.29 is 8.81 Å². The van der Waals surface area contributed by atoms with Crippen molar-refractivity contribution in [3.8, 4) is 33.6 Å². The van der Waals surface area contributed by atoms with Crippen LogP contribution in [-0.4, -0.2) is 24.8 Å². The second kappa shape index (κ2) is 5.85. The van der Waals surface area contributed by atoms with Crippen LogP contribution in [-0.2, 0) is 0 Å². The lowest BCUT2D eigenvalue weighted by Crippen LogP contribution is -1.95. The van der Waals surface area contributed by atoms with Crippen molar-refractivity contribution in [2.45, 2.75) is 0 Å². The van der Waals surface area contributed by atoms with Crippen LogP contribution in [0.2, 0.25) is 0 Å². The monoisotopic (exact) mass is 363 g/mol. The molecule has 0 unspecified atom stereocenters. The molecule has 0 amide bonds. The molecule has 0 saturated carbocycles. The van der Waals surface area contributed by atoms with Crippen LogP contribution in [0.3, 0.4) is 0 Å². The van der Waals surface area contributed by atoms with Gasteiger partial charge in [-0.05, 0) is 41.8 Å². The van der Waals surface area contributed by atoms with E-state index in [2.05, 4.69) is 20.3 Å². The third-order valence-corrected chi connectivity index (χ3v) is 4.73. The number of halogens is 1. The number of rotatable bonds is 3. The Morgan fingerprint density at radius 2 is 1.85 bits per heavy atom. The summed E-state index contributed by atoms with van der Waals surface area (Å²) in [6.45, 7) is 0. The van der Waals surface area contributed by atoms with Gasteiger partial charge in [0.1, 0.15) is 5.82 Å². The minimum absolute atomic E-state index is 0.285. The standard InChI is InChI=1S/C18H10FN5OS/c19-12-5-3-11(4-6-12)14-7-8-20-16-10-13(23-24(14)16)17-21-22-18(25-17)15-2-1-9-26-15/h1-10H. The van der Waals surface area contributed by atoms with Gasteiger partial charge in [0.05, 0.1) is 10.6 Å². The first-order chi connectivity index (χ1) is 12.8. The van der Waals surface area contributed by atoms with Crippen LogP contribution in [0, 0.1) is 5.82 Å². The molecule has 4 aromatic heterocycles. The first kappa shape index (κ1) is 14.9. The Labute approximate surface area is 150 Å². The first-order valence-electron chi connectivity index (χ1n) is 7.76. The summed E-state index contributed by atoms with van der Waals surface area (Å²) in [7, 11) is 0. The molecule has 0 spiro atoms. The largest absolute Gasteiger partial charge is 0.414 e. The second-order valence-electron chi connectivity index (χ2n) is 5.53. The van der Waals surface area contributed by atoms with E-state index in [-0.39, 0.29) is 5.82 Å². The molecule has 0 fully saturated rings. The molecule has 126 valence electrons. The van der Waals surface area contributed by atoms with Gasteiger partial charge in [-0.15, -0.1) is 21.5 Å². The van der Waals surface area contributed by atoms with Crippen molar-refractivity contribution in [3.63, 3.8) is 0 Å². The van der Waals surface area contributed by atoms with Gasteiger partial charge in [-0.1, -0.05) is 6.07 Å². The zero-order valence-corrected chi connectivity index (χ0v) is 14.0. The summed E-state index contributed by atoms with van der Waals surface area (Å²) in [5.41, 5.74) is 2.79. The Morgan fingerprint density at radius 3 is 2.65 bits per heavy atom. The van der Waals surface area contributed by atoms with Crippen LogP contribution in [0.25, 0.3) is 39.3 Å². The topological polar surface area (TPSA) is 69.1 Å². The van der Waals surface area contributed by atoms with Crippen molar-refractivity contribution in [2.75, 3.05) is 0 Å². The van der Waals surface area contributed by atoms with Gasteiger partial charge in [0.25, 0.3) is 11.8 Å². The molecule has 0 atom stereocenters. The minimum Gasteiger partial charge on any atom is -0.414 e. The lowest BCUT2D eigenvalue weighted by atomic mass is 10.1.